The Kier molecular flexibility index (Phi) is 4.31. The molecule has 122 valence electrons. The predicted molar refractivity (Wildman–Crippen MR) is 93.1 cm³/mol. The van der Waals surface area contributed by atoms with Gasteiger partial charge in [-0.05, 0) is 55.7 Å². The van der Waals surface area contributed by atoms with Crippen LogP contribution in [0, 0.1) is 0 Å². The van der Waals surface area contributed by atoms with Gasteiger partial charge in [-0.15, -0.1) is 0 Å². The molecule has 1 N–H and O–H groups in total. The molecule has 1 atom stereocenters. The Morgan fingerprint density at radius 1 is 1.22 bits per heavy atom. The maximum Gasteiger partial charge on any atom is 0.123 e. The van der Waals surface area contributed by atoms with E-state index in [0.717, 1.165) is 24.5 Å². The van der Waals surface area contributed by atoms with E-state index in [1.165, 1.54) is 16.7 Å². The first-order chi connectivity index (χ1) is 11.0. The molecule has 0 saturated carbocycles. The molecular weight excluding hydrogens is 286 g/mol. The summed E-state index contributed by atoms with van der Waals surface area (Å²) in [6, 6.07) is 14.7. The number of ether oxygens (including phenoxy) is 2. The first-order valence-corrected chi connectivity index (χ1v) is 8.16. The van der Waals surface area contributed by atoms with Gasteiger partial charge >= 0.3 is 0 Å². The quantitative estimate of drug-likeness (QED) is 0.904. The zero-order chi connectivity index (χ0) is 16.4. The van der Waals surface area contributed by atoms with Gasteiger partial charge in [-0.3, -0.25) is 0 Å². The zero-order valence-electron chi connectivity index (χ0n) is 14.3. The average molecular weight is 311 g/mol. The van der Waals surface area contributed by atoms with Crippen molar-refractivity contribution in [3.63, 3.8) is 0 Å². The van der Waals surface area contributed by atoms with Crippen LogP contribution in [0.4, 0.5) is 0 Å². The standard InChI is InChI=1S/C20H25NO2/c1-14-10-16-11-15(8-9-19(16)23-14)13-21-20(2,3)17-6-5-7-18(12-17)22-4/h5-9,11-12,14,21H,10,13H2,1-4H3. The van der Waals surface area contributed by atoms with Gasteiger partial charge in [0.2, 0.25) is 0 Å². The fourth-order valence-corrected chi connectivity index (χ4v) is 3.02. The number of nitrogens with one attached hydrogen (secondary N) is 1. The van der Waals surface area contributed by atoms with Crippen molar-refractivity contribution in [1.82, 2.24) is 5.32 Å². The molecule has 0 bridgehead atoms. The first kappa shape index (κ1) is 15.9. The molecule has 0 spiro atoms. The molecule has 1 unspecified atom stereocenters. The van der Waals surface area contributed by atoms with Crippen LogP contribution in [0.2, 0.25) is 0 Å². The Hall–Kier alpha value is -2.00. The number of hydrogen-bond acceptors (Lipinski definition) is 3. The Morgan fingerprint density at radius 3 is 2.83 bits per heavy atom. The van der Waals surface area contributed by atoms with Gasteiger partial charge in [-0.25, -0.2) is 0 Å². The van der Waals surface area contributed by atoms with Gasteiger partial charge in [0.05, 0.1) is 7.11 Å². The third kappa shape index (κ3) is 3.50. The molecule has 0 saturated heterocycles. The van der Waals surface area contributed by atoms with E-state index in [2.05, 4.69) is 56.4 Å². The molecule has 0 aliphatic carbocycles. The van der Waals surface area contributed by atoms with Gasteiger partial charge in [0.1, 0.15) is 17.6 Å². The van der Waals surface area contributed by atoms with Crippen LogP contribution in [0.5, 0.6) is 11.5 Å². The van der Waals surface area contributed by atoms with Crippen LogP contribution in [0.1, 0.15) is 37.5 Å². The van der Waals surface area contributed by atoms with Crippen molar-refractivity contribution in [2.45, 2.75) is 45.4 Å². The summed E-state index contributed by atoms with van der Waals surface area (Å²) < 4.78 is 11.1. The molecule has 2 aromatic rings. The summed E-state index contributed by atoms with van der Waals surface area (Å²) in [6.07, 6.45) is 1.30. The van der Waals surface area contributed by atoms with Gasteiger partial charge in [0.15, 0.2) is 0 Å². The summed E-state index contributed by atoms with van der Waals surface area (Å²) in [6.45, 7) is 7.33. The van der Waals surface area contributed by atoms with Crippen molar-refractivity contribution >= 4 is 0 Å². The van der Waals surface area contributed by atoms with Crippen LogP contribution >= 0.6 is 0 Å². The van der Waals surface area contributed by atoms with E-state index >= 15 is 0 Å². The van der Waals surface area contributed by atoms with Gasteiger partial charge < -0.3 is 14.8 Å². The van der Waals surface area contributed by atoms with Crippen molar-refractivity contribution in [3.8, 4) is 11.5 Å². The predicted octanol–water partition coefficient (Wildman–Crippen LogP) is 4.04. The second-order valence-corrected chi connectivity index (χ2v) is 6.79. The van der Waals surface area contributed by atoms with E-state index in [1.807, 2.05) is 12.1 Å². The molecule has 0 fully saturated rings. The number of hydrogen-bond donors (Lipinski definition) is 1. The Labute approximate surface area is 138 Å². The third-order valence-electron chi connectivity index (χ3n) is 4.49. The Morgan fingerprint density at radius 2 is 2.04 bits per heavy atom. The van der Waals surface area contributed by atoms with Crippen LogP contribution in [-0.4, -0.2) is 13.2 Å². The molecule has 3 rings (SSSR count). The SMILES string of the molecule is COc1cccc(C(C)(C)NCc2ccc3c(c2)CC(C)O3)c1. The van der Waals surface area contributed by atoms with Crippen molar-refractivity contribution in [2.24, 2.45) is 0 Å². The van der Waals surface area contributed by atoms with Gasteiger partial charge in [0, 0.05) is 18.5 Å². The van der Waals surface area contributed by atoms with E-state index in [9.17, 15) is 0 Å². The van der Waals surface area contributed by atoms with Crippen molar-refractivity contribution in [1.29, 1.82) is 0 Å². The third-order valence-corrected chi connectivity index (χ3v) is 4.49. The van der Waals surface area contributed by atoms with Gasteiger partial charge in [-0.1, -0.05) is 24.3 Å². The minimum absolute atomic E-state index is 0.128. The normalized spacial score (nSPS) is 16.8. The molecule has 2 aromatic carbocycles. The maximum absolute atomic E-state index is 5.77. The second kappa shape index (κ2) is 6.25. The fraction of sp³-hybridized carbons (Fsp3) is 0.400. The lowest BCUT2D eigenvalue weighted by atomic mass is 9.93. The highest BCUT2D eigenvalue weighted by molar-refractivity contribution is 5.40. The molecule has 0 amide bonds. The summed E-state index contributed by atoms with van der Waals surface area (Å²) in [7, 11) is 1.70. The zero-order valence-corrected chi connectivity index (χ0v) is 14.3. The second-order valence-electron chi connectivity index (χ2n) is 6.79. The highest BCUT2D eigenvalue weighted by Crippen LogP contribution is 2.30. The summed E-state index contributed by atoms with van der Waals surface area (Å²) in [4.78, 5) is 0. The highest BCUT2D eigenvalue weighted by Gasteiger charge is 2.22. The molecule has 23 heavy (non-hydrogen) atoms. The smallest absolute Gasteiger partial charge is 0.123 e. The molecule has 3 nitrogen and oxygen atoms in total. The number of fused-ring (bicyclic) bond motifs is 1. The molecule has 1 heterocycles. The van der Waals surface area contributed by atoms with Crippen LogP contribution in [0.25, 0.3) is 0 Å². The maximum atomic E-state index is 5.77. The molecule has 0 radical (unpaired) electrons. The van der Waals surface area contributed by atoms with Gasteiger partial charge in [0.25, 0.3) is 0 Å². The molecular formula is C20H25NO2. The van der Waals surface area contributed by atoms with Crippen LogP contribution in [0.3, 0.4) is 0 Å². The van der Waals surface area contributed by atoms with Crippen LogP contribution in [0.15, 0.2) is 42.5 Å². The minimum atomic E-state index is -0.128. The Bertz CT molecular complexity index is 694. The van der Waals surface area contributed by atoms with E-state index in [-0.39, 0.29) is 5.54 Å². The van der Waals surface area contributed by atoms with E-state index in [0.29, 0.717) is 6.10 Å². The van der Waals surface area contributed by atoms with Crippen molar-refractivity contribution < 1.29 is 9.47 Å². The van der Waals surface area contributed by atoms with Gasteiger partial charge in [-0.2, -0.15) is 0 Å². The number of rotatable bonds is 5. The lowest BCUT2D eigenvalue weighted by molar-refractivity contribution is 0.254. The summed E-state index contributed by atoms with van der Waals surface area (Å²) in [5.41, 5.74) is 3.69. The number of benzene rings is 2. The topological polar surface area (TPSA) is 30.5 Å². The lowest BCUT2D eigenvalue weighted by Crippen LogP contribution is -2.35. The van der Waals surface area contributed by atoms with E-state index in [4.69, 9.17) is 9.47 Å². The summed E-state index contributed by atoms with van der Waals surface area (Å²) in [5, 5.41) is 3.65. The molecule has 1 aliphatic heterocycles. The molecule has 1 aliphatic rings. The lowest BCUT2D eigenvalue weighted by Gasteiger charge is -2.27. The van der Waals surface area contributed by atoms with E-state index < -0.39 is 0 Å². The largest absolute Gasteiger partial charge is 0.497 e. The fourth-order valence-electron chi connectivity index (χ4n) is 3.02. The first-order valence-electron chi connectivity index (χ1n) is 8.16. The number of methoxy groups -OCH3 is 1. The molecule has 3 heteroatoms. The summed E-state index contributed by atoms with van der Waals surface area (Å²) in [5.74, 6) is 1.93. The Balaban J connectivity index is 1.70. The monoisotopic (exact) mass is 311 g/mol. The summed E-state index contributed by atoms with van der Waals surface area (Å²) >= 11 is 0. The van der Waals surface area contributed by atoms with Crippen molar-refractivity contribution in [3.05, 3.63) is 59.2 Å². The van der Waals surface area contributed by atoms with E-state index in [1.54, 1.807) is 7.11 Å². The highest BCUT2D eigenvalue weighted by atomic mass is 16.5. The molecule has 0 aromatic heterocycles. The van der Waals surface area contributed by atoms with Crippen LogP contribution < -0.4 is 14.8 Å². The average Bonchev–Trinajstić information content (AvgIpc) is 2.92. The van der Waals surface area contributed by atoms with Crippen molar-refractivity contribution in [2.75, 3.05) is 7.11 Å². The van der Waals surface area contributed by atoms with Crippen LogP contribution in [-0.2, 0) is 18.5 Å². The minimum Gasteiger partial charge on any atom is -0.497 e.